The lowest BCUT2D eigenvalue weighted by Gasteiger charge is -2.31. The largest absolute Gasteiger partial charge is 0.466 e. The van der Waals surface area contributed by atoms with Crippen LogP contribution in [-0.2, 0) is 9.53 Å². The Morgan fingerprint density at radius 2 is 1.89 bits per heavy atom. The van der Waals surface area contributed by atoms with E-state index in [9.17, 15) is 9.59 Å². The SMILES string of the molecule is CCOC(=O)CCNC(=O)c1ccc(NC(c2oc3ccc(Br)nc3c2C)C2CCCCC2)cc1. The molecule has 1 fully saturated rings. The van der Waals surface area contributed by atoms with Crippen LogP contribution in [0.4, 0.5) is 5.69 Å². The summed E-state index contributed by atoms with van der Waals surface area (Å²) in [4.78, 5) is 28.5. The molecule has 2 heterocycles. The normalized spacial score (nSPS) is 15.1. The monoisotopic (exact) mass is 541 g/mol. The summed E-state index contributed by atoms with van der Waals surface area (Å²) in [5, 5.41) is 6.46. The summed E-state index contributed by atoms with van der Waals surface area (Å²) >= 11 is 3.47. The number of aryl methyl sites for hydroxylation is 1. The highest BCUT2D eigenvalue weighted by Gasteiger charge is 2.30. The van der Waals surface area contributed by atoms with E-state index in [0.717, 1.165) is 45.6 Å². The van der Waals surface area contributed by atoms with Gasteiger partial charge >= 0.3 is 5.97 Å². The Labute approximate surface area is 214 Å². The standard InChI is InChI=1S/C27H32BrN3O4/c1-3-34-23(32)15-16-29-27(33)19-9-11-20(12-10-19)30-25(18-7-5-4-6-8-18)26-17(2)24-21(35-26)13-14-22(28)31-24/h9-14,18,25,30H,3-8,15-16H2,1-2H3,(H,29,33). The van der Waals surface area contributed by atoms with Crippen LogP contribution in [0.3, 0.4) is 0 Å². The Balaban J connectivity index is 1.49. The van der Waals surface area contributed by atoms with Crippen LogP contribution in [0.15, 0.2) is 45.4 Å². The Bertz CT molecular complexity index is 1170. The first-order valence-electron chi connectivity index (χ1n) is 12.3. The van der Waals surface area contributed by atoms with Crippen molar-refractivity contribution >= 4 is 44.6 Å². The van der Waals surface area contributed by atoms with Gasteiger partial charge in [-0.25, -0.2) is 4.98 Å². The Morgan fingerprint density at radius 1 is 1.14 bits per heavy atom. The molecule has 3 aromatic rings. The molecule has 35 heavy (non-hydrogen) atoms. The Kier molecular flexibility index (Phi) is 8.44. The molecule has 0 radical (unpaired) electrons. The lowest BCUT2D eigenvalue weighted by molar-refractivity contribution is -0.142. The highest BCUT2D eigenvalue weighted by molar-refractivity contribution is 9.10. The summed E-state index contributed by atoms with van der Waals surface area (Å²) in [7, 11) is 0. The van der Waals surface area contributed by atoms with Crippen LogP contribution < -0.4 is 10.6 Å². The number of hydrogen-bond acceptors (Lipinski definition) is 6. The van der Waals surface area contributed by atoms with Crippen LogP contribution in [0, 0.1) is 12.8 Å². The van der Waals surface area contributed by atoms with E-state index in [1.165, 1.54) is 19.3 Å². The van der Waals surface area contributed by atoms with Crippen molar-refractivity contribution in [2.75, 3.05) is 18.5 Å². The second-order valence-electron chi connectivity index (χ2n) is 8.98. The second-order valence-corrected chi connectivity index (χ2v) is 9.79. The number of amides is 1. The third-order valence-electron chi connectivity index (χ3n) is 6.56. The number of carbonyl (C=O) groups excluding carboxylic acids is 2. The van der Waals surface area contributed by atoms with E-state index >= 15 is 0 Å². The molecule has 8 heteroatoms. The second kappa shape index (κ2) is 11.7. The van der Waals surface area contributed by atoms with E-state index in [4.69, 9.17) is 9.15 Å². The molecule has 2 N–H and O–H groups in total. The van der Waals surface area contributed by atoms with Crippen molar-refractivity contribution in [2.45, 2.75) is 58.4 Å². The number of fused-ring (bicyclic) bond motifs is 1. The molecule has 1 aliphatic rings. The van der Waals surface area contributed by atoms with E-state index in [1.807, 2.05) is 24.3 Å². The number of aromatic nitrogens is 1. The summed E-state index contributed by atoms with van der Waals surface area (Å²) in [6.45, 7) is 4.42. The fourth-order valence-corrected chi connectivity index (χ4v) is 5.07. The summed E-state index contributed by atoms with van der Waals surface area (Å²) in [5.74, 6) is 0.856. The molecule has 1 saturated carbocycles. The lowest BCUT2D eigenvalue weighted by atomic mass is 9.82. The van der Waals surface area contributed by atoms with Crippen molar-refractivity contribution < 1.29 is 18.7 Å². The molecule has 0 bridgehead atoms. The van der Waals surface area contributed by atoms with Crippen molar-refractivity contribution in [3.05, 3.63) is 57.9 Å². The first-order valence-corrected chi connectivity index (χ1v) is 13.1. The molecule has 1 unspecified atom stereocenters. The van der Waals surface area contributed by atoms with E-state index < -0.39 is 0 Å². The molecular weight excluding hydrogens is 510 g/mol. The van der Waals surface area contributed by atoms with Gasteiger partial charge in [-0.15, -0.1) is 0 Å². The molecule has 0 aliphatic heterocycles. The maximum Gasteiger partial charge on any atom is 0.307 e. The molecule has 1 atom stereocenters. The van der Waals surface area contributed by atoms with Crippen molar-refractivity contribution in [3.63, 3.8) is 0 Å². The summed E-state index contributed by atoms with van der Waals surface area (Å²) < 4.78 is 12.0. The van der Waals surface area contributed by atoms with Crippen molar-refractivity contribution in [2.24, 2.45) is 5.92 Å². The van der Waals surface area contributed by atoms with Gasteiger partial charge in [-0.2, -0.15) is 0 Å². The van der Waals surface area contributed by atoms with Crippen LogP contribution in [0.25, 0.3) is 11.1 Å². The number of halogens is 1. The number of benzene rings is 1. The highest BCUT2D eigenvalue weighted by Crippen LogP contribution is 2.40. The third-order valence-corrected chi connectivity index (χ3v) is 7.00. The number of hydrogen-bond donors (Lipinski definition) is 2. The predicted molar refractivity (Wildman–Crippen MR) is 139 cm³/mol. The zero-order valence-electron chi connectivity index (χ0n) is 20.2. The number of esters is 1. The van der Waals surface area contributed by atoms with Crippen LogP contribution in [0.2, 0.25) is 0 Å². The molecule has 1 amide bonds. The zero-order chi connectivity index (χ0) is 24.8. The molecule has 0 spiro atoms. The van der Waals surface area contributed by atoms with Gasteiger partial charge in [-0.1, -0.05) is 19.3 Å². The van der Waals surface area contributed by atoms with Gasteiger partial charge in [0.15, 0.2) is 5.58 Å². The number of nitrogens with zero attached hydrogens (tertiary/aromatic N) is 1. The number of nitrogens with one attached hydrogen (secondary N) is 2. The quantitative estimate of drug-likeness (QED) is 0.243. The summed E-state index contributed by atoms with van der Waals surface area (Å²) in [5.41, 5.74) is 4.20. The van der Waals surface area contributed by atoms with E-state index in [1.54, 1.807) is 19.1 Å². The first kappa shape index (κ1) is 25.2. The lowest BCUT2D eigenvalue weighted by Crippen LogP contribution is -2.26. The molecule has 0 saturated heterocycles. The predicted octanol–water partition coefficient (Wildman–Crippen LogP) is 6.32. The fraction of sp³-hybridized carbons (Fsp3) is 0.444. The number of carbonyl (C=O) groups is 2. The van der Waals surface area contributed by atoms with E-state index in [2.05, 4.69) is 38.5 Å². The summed E-state index contributed by atoms with van der Waals surface area (Å²) in [6.07, 6.45) is 6.16. The van der Waals surface area contributed by atoms with E-state index in [0.29, 0.717) is 18.1 Å². The van der Waals surface area contributed by atoms with Gasteiger partial charge in [0, 0.05) is 23.4 Å². The summed E-state index contributed by atoms with van der Waals surface area (Å²) in [6, 6.07) is 11.3. The average Bonchev–Trinajstić information content (AvgIpc) is 3.19. The Hall–Kier alpha value is -2.87. The molecule has 7 nitrogen and oxygen atoms in total. The topological polar surface area (TPSA) is 93.5 Å². The van der Waals surface area contributed by atoms with Crippen LogP contribution in [-0.4, -0.2) is 30.0 Å². The number of furan rings is 1. The fourth-order valence-electron chi connectivity index (χ4n) is 4.76. The molecule has 1 aliphatic carbocycles. The van der Waals surface area contributed by atoms with Crippen LogP contribution >= 0.6 is 15.9 Å². The molecule has 1 aromatic carbocycles. The van der Waals surface area contributed by atoms with Gasteiger partial charge in [-0.05, 0) is 84.9 Å². The van der Waals surface area contributed by atoms with Gasteiger partial charge in [0.05, 0.1) is 19.1 Å². The molecule has 2 aromatic heterocycles. The minimum Gasteiger partial charge on any atom is -0.466 e. The first-order chi connectivity index (χ1) is 17.0. The van der Waals surface area contributed by atoms with Crippen molar-refractivity contribution in [3.8, 4) is 0 Å². The highest BCUT2D eigenvalue weighted by atomic mass is 79.9. The third kappa shape index (κ3) is 6.23. The van der Waals surface area contributed by atoms with Gasteiger partial charge in [0.25, 0.3) is 5.91 Å². The molecule has 186 valence electrons. The number of ether oxygens (including phenoxy) is 1. The van der Waals surface area contributed by atoms with Gasteiger partial charge in [0.2, 0.25) is 0 Å². The molecular formula is C27H32BrN3O4. The maximum absolute atomic E-state index is 12.4. The Morgan fingerprint density at radius 3 is 2.60 bits per heavy atom. The maximum atomic E-state index is 12.4. The van der Waals surface area contributed by atoms with Gasteiger partial charge < -0.3 is 19.8 Å². The van der Waals surface area contributed by atoms with Crippen molar-refractivity contribution in [1.29, 1.82) is 0 Å². The van der Waals surface area contributed by atoms with Gasteiger partial charge in [0.1, 0.15) is 15.9 Å². The van der Waals surface area contributed by atoms with Crippen LogP contribution in [0.1, 0.15) is 73.2 Å². The van der Waals surface area contributed by atoms with Gasteiger partial charge in [-0.3, -0.25) is 9.59 Å². The minimum absolute atomic E-state index is 0.0209. The van der Waals surface area contributed by atoms with E-state index in [-0.39, 0.29) is 30.9 Å². The average molecular weight is 542 g/mol. The van der Waals surface area contributed by atoms with Crippen LogP contribution in [0.5, 0.6) is 0 Å². The number of rotatable bonds is 9. The number of pyridine rings is 1. The van der Waals surface area contributed by atoms with Crippen molar-refractivity contribution in [1.82, 2.24) is 10.3 Å². The smallest absolute Gasteiger partial charge is 0.307 e. The molecule has 4 rings (SSSR count). The number of anilines is 1. The minimum atomic E-state index is -0.315. The zero-order valence-corrected chi connectivity index (χ0v) is 21.8.